The Bertz CT molecular complexity index is 660. The normalized spacial score (nSPS) is 12.3. The lowest BCUT2D eigenvalue weighted by molar-refractivity contribution is 0.639. The first-order valence-corrected chi connectivity index (χ1v) is 6.05. The summed E-state index contributed by atoms with van der Waals surface area (Å²) in [4.78, 5) is 8.11. The van der Waals surface area contributed by atoms with Crippen LogP contribution in [0.2, 0.25) is 0 Å². The maximum absolute atomic E-state index is 14.1. The molecule has 0 fully saturated rings. The summed E-state index contributed by atoms with van der Waals surface area (Å²) < 4.78 is 14.1. The van der Waals surface area contributed by atoms with Gasteiger partial charge in [-0.15, -0.1) is 0 Å². The van der Waals surface area contributed by atoms with Crippen molar-refractivity contribution in [2.24, 2.45) is 4.99 Å². The van der Waals surface area contributed by atoms with Crippen molar-refractivity contribution in [3.05, 3.63) is 41.9 Å². The van der Waals surface area contributed by atoms with Crippen molar-refractivity contribution in [1.82, 2.24) is 4.98 Å². The summed E-state index contributed by atoms with van der Waals surface area (Å²) in [5.74, 6) is 0.446. The summed E-state index contributed by atoms with van der Waals surface area (Å²) in [5.41, 5.74) is 1.71. The van der Waals surface area contributed by atoms with Gasteiger partial charge < -0.3 is 5.32 Å². The molecule has 0 aliphatic rings. The molecule has 0 saturated heterocycles. The van der Waals surface area contributed by atoms with Crippen LogP contribution >= 0.6 is 0 Å². The summed E-state index contributed by atoms with van der Waals surface area (Å²) in [7, 11) is 3.49. The fourth-order valence-corrected chi connectivity index (χ4v) is 1.97. The Hall–Kier alpha value is -2.23. The largest absolute Gasteiger partial charge is 0.373 e. The smallest absolute Gasteiger partial charge is 0.133 e. The van der Waals surface area contributed by atoms with Crippen LogP contribution in [-0.2, 0) is 0 Å². The van der Waals surface area contributed by atoms with Gasteiger partial charge >= 0.3 is 0 Å². The third-order valence-corrected chi connectivity index (χ3v) is 2.96. The SMILES string of the molecule is C/C=C(\C=N/C)c1cc(F)c2cnc(NC)cc2c1. The van der Waals surface area contributed by atoms with E-state index in [1.165, 1.54) is 6.07 Å². The van der Waals surface area contributed by atoms with Crippen LogP contribution in [0.1, 0.15) is 12.5 Å². The number of allylic oxidation sites excluding steroid dienone is 2. The molecule has 2 rings (SSSR count). The molecule has 0 unspecified atom stereocenters. The molecule has 0 aliphatic carbocycles. The fraction of sp³-hybridized carbons (Fsp3) is 0.200. The lowest BCUT2D eigenvalue weighted by Gasteiger charge is -2.07. The predicted molar refractivity (Wildman–Crippen MR) is 79.3 cm³/mol. The molecule has 1 aromatic carbocycles. The van der Waals surface area contributed by atoms with Crippen LogP contribution in [0.25, 0.3) is 16.3 Å². The Morgan fingerprint density at radius 2 is 2.16 bits per heavy atom. The highest BCUT2D eigenvalue weighted by Crippen LogP contribution is 2.25. The number of anilines is 1. The van der Waals surface area contributed by atoms with Crippen molar-refractivity contribution < 1.29 is 4.39 Å². The Labute approximate surface area is 111 Å². The first-order valence-electron chi connectivity index (χ1n) is 6.05. The number of aliphatic imine (C=N–C) groups is 1. The van der Waals surface area contributed by atoms with Gasteiger partial charge in [0.05, 0.1) is 0 Å². The summed E-state index contributed by atoms with van der Waals surface area (Å²) >= 11 is 0. The molecule has 1 heterocycles. The number of halogens is 1. The highest BCUT2D eigenvalue weighted by Gasteiger charge is 2.07. The second-order valence-electron chi connectivity index (χ2n) is 4.13. The van der Waals surface area contributed by atoms with Crippen LogP contribution in [0, 0.1) is 5.82 Å². The van der Waals surface area contributed by atoms with Gasteiger partial charge in [-0.1, -0.05) is 6.08 Å². The molecule has 1 N–H and O–H groups in total. The lowest BCUT2D eigenvalue weighted by Crippen LogP contribution is -1.94. The standard InChI is InChI=1S/C15H16FN3/c1-4-10(8-17-2)11-5-12-7-15(18-3)19-9-13(12)14(16)6-11/h4-9H,1-3H3,(H,18,19)/b10-4+,17-8-. The summed E-state index contributed by atoms with van der Waals surface area (Å²) in [6.45, 7) is 1.91. The Morgan fingerprint density at radius 1 is 1.37 bits per heavy atom. The van der Waals surface area contributed by atoms with Crippen LogP contribution in [0.4, 0.5) is 10.2 Å². The summed E-state index contributed by atoms with van der Waals surface area (Å²) in [6.07, 6.45) is 5.18. The van der Waals surface area contributed by atoms with Crippen molar-refractivity contribution in [3.63, 3.8) is 0 Å². The lowest BCUT2D eigenvalue weighted by atomic mass is 10.0. The molecular formula is C15H16FN3. The van der Waals surface area contributed by atoms with Gasteiger partial charge in [0.15, 0.2) is 0 Å². The van der Waals surface area contributed by atoms with E-state index in [1.807, 2.05) is 25.1 Å². The highest BCUT2D eigenvalue weighted by molar-refractivity contribution is 6.10. The van der Waals surface area contributed by atoms with Crippen molar-refractivity contribution >= 4 is 28.4 Å². The van der Waals surface area contributed by atoms with Crippen LogP contribution in [-0.4, -0.2) is 25.3 Å². The van der Waals surface area contributed by atoms with Crippen LogP contribution < -0.4 is 5.32 Å². The van der Waals surface area contributed by atoms with Crippen molar-refractivity contribution in [2.45, 2.75) is 6.92 Å². The van der Waals surface area contributed by atoms with Gasteiger partial charge in [-0.2, -0.15) is 0 Å². The second-order valence-corrected chi connectivity index (χ2v) is 4.13. The number of hydrogen-bond donors (Lipinski definition) is 1. The number of hydrogen-bond acceptors (Lipinski definition) is 3. The Morgan fingerprint density at radius 3 is 2.79 bits per heavy atom. The summed E-state index contributed by atoms with van der Waals surface area (Å²) in [5, 5.41) is 4.29. The van der Waals surface area contributed by atoms with E-state index in [2.05, 4.69) is 15.3 Å². The van der Waals surface area contributed by atoms with Gasteiger partial charge in [0, 0.05) is 31.9 Å². The molecule has 19 heavy (non-hydrogen) atoms. The molecule has 0 spiro atoms. The number of nitrogens with zero attached hydrogens (tertiary/aromatic N) is 2. The minimum Gasteiger partial charge on any atom is -0.373 e. The molecule has 4 heteroatoms. The predicted octanol–water partition coefficient (Wildman–Crippen LogP) is 3.52. The zero-order chi connectivity index (χ0) is 13.8. The van der Waals surface area contributed by atoms with E-state index < -0.39 is 0 Å². The topological polar surface area (TPSA) is 37.3 Å². The number of aromatic nitrogens is 1. The van der Waals surface area contributed by atoms with Crippen molar-refractivity contribution in [2.75, 3.05) is 19.4 Å². The van der Waals surface area contributed by atoms with E-state index in [1.54, 1.807) is 26.5 Å². The van der Waals surface area contributed by atoms with Crippen molar-refractivity contribution in [3.8, 4) is 0 Å². The quantitative estimate of drug-likeness (QED) is 0.854. The molecule has 0 saturated carbocycles. The van der Waals surface area contributed by atoms with Crippen LogP contribution in [0.5, 0.6) is 0 Å². The van der Waals surface area contributed by atoms with Gasteiger partial charge in [0.2, 0.25) is 0 Å². The highest BCUT2D eigenvalue weighted by atomic mass is 19.1. The van der Waals surface area contributed by atoms with Crippen LogP contribution in [0.3, 0.4) is 0 Å². The van der Waals surface area contributed by atoms with Gasteiger partial charge in [0.25, 0.3) is 0 Å². The van der Waals surface area contributed by atoms with Gasteiger partial charge in [-0.3, -0.25) is 4.99 Å². The molecular weight excluding hydrogens is 241 g/mol. The Kier molecular flexibility index (Phi) is 3.90. The molecule has 0 bridgehead atoms. The average molecular weight is 257 g/mol. The average Bonchev–Trinajstić information content (AvgIpc) is 2.43. The van der Waals surface area contributed by atoms with E-state index in [0.717, 1.165) is 22.3 Å². The monoisotopic (exact) mass is 257 g/mol. The maximum atomic E-state index is 14.1. The first-order chi connectivity index (χ1) is 9.19. The number of benzene rings is 1. The first kappa shape index (κ1) is 13.2. The number of fused-ring (bicyclic) bond motifs is 1. The third-order valence-electron chi connectivity index (χ3n) is 2.96. The molecule has 3 nitrogen and oxygen atoms in total. The molecule has 98 valence electrons. The van der Waals surface area contributed by atoms with Crippen molar-refractivity contribution in [1.29, 1.82) is 0 Å². The van der Waals surface area contributed by atoms with E-state index in [-0.39, 0.29) is 5.82 Å². The minimum atomic E-state index is -0.272. The molecule has 0 atom stereocenters. The Balaban J connectivity index is 2.65. The van der Waals surface area contributed by atoms with Gasteiger partial charge in [-0.25, -0.2) is 9.37 Å². The van der Waals surface area contributed by atoms with E-state index in [0.29, 0.717) is 5.39 Å². The molecule has 0 aliphatic heterocycles. The molecule has 1 aromatic heterocycles. The number of nitrogens with one attached hydrogen (secondary N) is 1. The zero-order valence-electron chi connectivity index (χ0n) is 11.2. The molecule has 2 aromatic rings. The molecule has 0 radical (unpaired) electrons. The van der Waals surface area contributed by atoms with Gasteiger partial charge in [0.1, 0.15) is 11.6 Å². The number of pyridine rings is 1. The van der Waals surface area contributed by atoms with E-state index >= 15 is 0 Å². The van der Waals surface area contributed by atoms with Crippen LogP contribution in [0.15, 0.2) is 35.5 Å². The second kappa shape index (κ2) is 5.61. The molecule has 0 amide bonds. The van der Waals surface area contributed by atoms with Gasteiger partial charge in [-0.05, 0) is 41.6 Å². The summed E-state index contributed by atoms with van der Waals surface area (Å²) in [6, 6.07) is 5.29. The third kappa shape index (κ3) is 2.62. The minimum absolute atomic E-state index is 0.272. The fourth-order valence-electron chi connectivity index (χ4n) is 1.97. The number of rotatable bonds is 3. The zero-order valence-corrected chi connectivity index (χ0v) is 11.2. The maximum Gasteiger partial charge on any atom is 0.133 e. The van der Waals surface area contributed by atoms with E-state index in [9.17, 15) is 4.39 Å². The van der Waals surface area contributed by atoms with E-state index in [4.69, 9.17) is 0 Å².